The normalized spacial score (nSPS) is 26.6. The van der Waals surface area contributed by atoms with Crippen molar-refractivity contribution in [3.63, 3.8) is 0 Å². The topological polar surface area (TPSA) is 18.5 Å². The molecule has 0 amide bonds. The number of hydrogen-bond donors (Lipinski definition) is 0. The van der Waals surface area contributed by atoms with Crippen LogP contribution in [0.3, 0.4) is 0 Å². The van der Waals surface area contributed by atoms with Crippen molar-refractivity contribution in [3.8, 4) is 5.75 Å². The van der Waals surface area contributed by atoms with Crippen LogP contribution >= 0.6 is 0 Å². The van der Waals surface area contributed by atoms with Crippen molar-refractivity contribution in [3.05, 3.63) is 29.8 Å². The summed E-state index contributed by atoms with van der Waals surface area (Å²) in [7, 11) is 0. The molecule has 0 bridgehead atoms. The predicted octanol–water partition coefficient (Wildman–Crippen LogP) is 7.16. The Kier molecular flexibility index (Phi) is 8.06. The molecule has 152 valence electrons. The summed E-state index contributed by atoms with van der Waals surface area (Å²) in [5.41, 5.74) is 1.40. The minimum Gasteiger partial charge on any atom is -0.465 e. The molecule has 0 aliphatic heterocycles. The van der Waals surface area contributed by atoms with Crippen molar-refractivity contribution >= 4 is 0 Å². The Morgan fingerprint density at radius 1 is 0.926 bits per heavy atom. The minimum absolute atomic E-state index is 0.0957. The van der Waals surface area contributed by atoms with Gasteiger partial charge in [0.25, 0.3) is 0 Å². The van der Waals surface area contributed by atoms with Crippen LogP contribution in [0.4, 0.5) is 0 Å². The molecule has 1 aromatic carbocycles. The summed E-state index contributed by atoms with van der Waals surface area (Å²) < 4.78 is 12.7. The molecule has 0 saturated heterocycles. The van der Waals surface area contributed by atoms with Gasteiger partial charge in [0.15, 0.2) is 6.29 Å². The summed E-state index contributed by atoms with van der Waals surface area (Å²) in [6.45, 7) is 6.78. The van der Waals surface area contributed by atoms with E-state index in [0.29, 0.717) is 6.10 Å². The van der Waals surface area contributed by atoms with Crippen LogP contribution in [-0.4, -0.2) is 12.4 Å². The van der Waals surface area contributed by atoms with E-state index in [1.165, 1.54) is 56.9 Å². The van der Waals surface area contributed by atoms with Gasteiger partial charge in [0.1, 0.15) is 5.75 Å². The zero-order valence-corrected chi connectivity index (χ0v) is 17.8. The van der Waals surface area contributed by atoms with Gasteiger partial charge in [0, 0.05) is 6.42 Å². The highest BCUT2D eigenvalue weighted by Gasteiger charge is 2.33. The van der Waals surface area contributed by atoms with Crippen LogP contribution in [0.15, 0.2) is 24.3 Å². The smallest absolute Gasteiger partial charge is 0.200 e. The largest absolute Gasteiger partial charge is 0.465 e. The monoisotopic (exact) mass is 372 g/mol. The third-order valence-electron chi connectivity index (χ3n) is 6.56. The second kappa shape index (κ2) is 10.5. The van der Waals surface area contributed by atoms with Crippen LogP contribution in [-0.2, 0) is 11.2 Å². The molecule has 0 radical (unpaired) electrons. The average molecular weight is 373 g/mol. The summed E-state index contributed by atoms with van der Waals surface area (Å²) in [4.78, 5) is 0. The molecular weight excluding hydrogens is 332 g/mol. The highest BCUT2D eigenvalue weighted by molar-refractivity contribution is 5.27. The van der Waals surface area contributed by atoms with E-state index < -0.39 is 0 Å². The highest BCUT2D eigenvalue weighted by atomic mass is 16.7. The molecule has 1 aromatic rings. The van der Waals surface area contributed by atoms with E-state index in [1.54, 1.807) is 0 Å². The van der Waals surface area contributed by atoms with Crippen molar-refractivity contribution in [2.24, 2.45) is 17.8 Å². The molecule has 2 nitrogen and oxygen atoms in total. The van der Waals surface area contributed by atoms with E-state index >= 15 is 0 Å². The van der Waals surface area contributed by atoms with Crippen LogP contribution in [0.1, 0.15) is 90.5 Å². The van der Waals surface area contributed by atoms with Gasteiger partial charge in [-0.15, -0.1) is 0 Å². The fourth-order valence-corrected chi connectivity index (χ4v) is 4.90. The van der Waals surface area contributed by atoms with Crippen molar-refractivity contribution in [1.82, 2.24) is 0 Å². The number of benzene rings is 1. The molecule has 0 heterocycles. The lowest BCUT2D eigenvalue weighted by Crippen LogP contribution is -2.35. The Morgan fingerprint density at radius 2 is 1.67 bits per heavy atom. The molecule has 0 aromatic heterocycles. The Bertz CT molecular complexity index is 536. The molecule has 2 aliphatic rings. The van der Waals surface area contributed by atoms with Gasteiger partial charge in [-0.05, 0) is 67.6 Å². The van der Waals surface area contributed by atoms with E-state index in [2.05, 4.69) is 45.0 Å². The zero-order valence-electron chi connectivity index (χ0n) is 17.8. The maximum atomic E-state index is 6.47. The SMILES string of the molecule is CCCC(Oc1ccc(CCC(C)C)cc1)OC1CCC2CCCCC2C1. The first kappa shape index (κ1) is 20.7. The second-order valence-corrected chi connectivity index (χ2v) is 9.29. The summed E-state index contributed by atoms with van der Waals surface area (Å²) in [6.07, 6.45) is 14.3. The predicted molar refractivity (Wildman–Crippen MR) is 113 cm³/mol. The number of hydrogen-bond acceptors (Lipinski definition) is 2. The Hall–Kier alpha value is -1.02. The first-order valence-electron chi connectivity index (χ1n) is 11.5. The first-order chi connectivity index (χ1) is 13.1. The molecule has 2 fully saturated rings. The van der Waals surface area contributed by atoms with Gasteiger partial charge in [-0.3, -0.25) is 0 Å². The molecule has 0 spiro atoms. The fourth-order valence-electron chi connectivity index (χ4n) is 4.90. The third kappa shape index (κ3) is 6.52. The van der Waals surface area contributed by atoms with Gasteiger partial charge in [-0.2, -0.15) is 0 Å². The Balaban J connectivity index is 1.51. The minimum atomic E-state index is -0.0957. The standard InChI is InChI=1S/C25H40O2/c1-4-7-25(26-23-15-12-20(13-16-23)11-10-19(2)3)27-24-17-14-21-8-5-6-9-22(21)18-24/h12-13,15-16,19,21-22,24-25H,4-11,14,17-18H2,1-3H3. The van der Waals surface area contributed by atoms with Crippen LogP contribution in [0.5, 0.6) is 5.75 Å². The lowest BCUT2D eigenvalue weighted by atomic mass is 9.70. The number of rotatable bonds is 9. The summed E-state index contributed by atoms with van der Waals surface area (Å²) in [6, 6.07) is 8.68. The summed E-state index contributed by atoms with van der Waals surface area (Å²) >= 11 is 0. The lowest BCUT2D eigenvalue weighted by Gasteiger charge is -2.40. The molecule has 4 atom stereocenters. The van der Waals surface area contributed by atoms with Gasteiger partial charge < -0.3 is 9.47 Å². The van der Waals surface area contributed by atoms with Crippen molar-refractivity contribution in [2.45, 2.75) is 104 Å². The molecule has 27 heavy (non-hydrogen) atoms. The average Bonchev–Trinajstić information content (AvgIpc) is 2.67. The van der Waals surface area contributed by atoms with E-state index in [4.69, 9.17) is 9.47 Å². The second-order valence-electron chi connectivity index (χ2n) is 9.29. The Morgan fingerprint density at radius 3 is 2.37 bits per heavy atom. The quantitative estimate of drug-likeness (QED) is 0.428. The molecule has 0 N–H and O–H groups in total. The van der Waals surface area contributed by atoms with E-state index in [-0.39, 0.29) is 6.29 Å². The van der Waals surface area contributed by atoms with Crippen LogP contribution in [0.25, 0.3) is 0 Å². The fraction of sp³-hybridized carbons (Fsp3) is 0.760. The maximum absolute atomic E-state index is 6.47. The van der Waals surface area contributed by atoms with Gasteiger partial charge in [0.05, 0.1) is 6.10 Å². The molecule has 3 rings (SSSR count). The summed E-state index contributed by atoms with van der Waals surface area (Å²) in [5, 5.41) is 0. The first-order valence-corrected chi connectivity index (χ1v) is 11.5. The van der Waals surface area contributed by atoms with E-state index in [0.717, 1.165) is 42.8 Å². The number of aryl methyl sites for hydroxylation is 1. The third-order valence-corrected chi connectivity index (χ3v) is 6.56. The maximum Gasteiger partial charge on any atom is 0.200 e. The van der Waals surface area contributed by atoms with E-state index in [9.17, 15) is 0 Å². The van der Waals surface area contributed by atoms with Gasteiger partial charge in [-0.1, -0.05) is 65.0 Å². The summed E-state index contributed by atoms with van der Waals surface area (Å²) in [5.74, 6) is 3.58. The zero-order chi connectivity index (χ0) is 19.1. The molecule has 2 aliphatic carbocycles. The highest BCUT2D eigenvalue weighted by Crippen LogP contribution is 2.41. The molecule has 2 heteroatoms. The van der Waals surface area contributed by atoms with Crippen molar-refractivity contribution < 1.29 is 9.47 Å². The van der Waals surface area contributed by atoms with Gasteiger partial charge in [-0.25, -0.2) is 0 Å². The molecule has 2 saturated carbocycles. The lowest BCUT2D eigenvalue weighted by molar-refractivity contribution is -0.142. The molecule has 4 unspecified atom stereocenters. The molecular formula is C25H40O2. The van der Waals surface area contributed by atoms with Crippen LogP contribution in [0.2, 0.25) is 0 Å². The van der Waals surface area contributed by atoms with Crippen LogP contribution in [0, 0.1) is 17.8 Å². The Labute approximate surface area is 167 Å². The van der Waals surface area contributed by atoms with Crippen molar-refractivity contribution in [2.75, 3.05) is 0 Å². The van der Waals surface area contributed by atoms with Gasteiger partial charge >= 0.3 is 0 Å². The number of ether oxygens (including phenoxy) is 2. The number of fused-ring (bicyclic) bond motifs is 1. The van der Waals surface area contributed by atoms with E-state index in [1.807, 2.05) is 0 Å². The van der Waals surface area contributed by atoms with Crippen molar-refractivity contribution in [1.29, 1.82) is 0 Å². The van der Waals surface area contributed by atoms with Crippen LogP contribution < -0.4 is 4.74 Å². The van der Waals surface area contributed by atoms with Gasteiger partial charge in [0.2, 0.25) is 0 Å².